The van der Waals surface area contributed by atoms with Gasteiger partial charge < -0.3 is 20.2 Å². The predicted octanol–water partition coefficient (Wildman–Crippen LogP) is 1.77. The van der Waals surface area contributed by atoms with E-state index in [-0.39, 0.29) is 24.1 Å². The van der Waals surface area contributed by atoms with E-state index in [1.165, 1.54) is 10.9 Å². The summed E-state index contributed by atoms with van der Waals surface area (Å²) < 4.78 is 1.54. The monoisotopic (exact) mass is 393 g/mol. The lowest BCUT2D eigenvalue weighted by atomic mass is 10.0. The zero-order valence-corrected chi connectivity index (χ0v) is 16.2. The highest BCUT2D eigenvalue weighted by atomic mass is 16.3. The molecular formula is C21H23N5O3. The van der Waals surface area contributed by atoms with E-state index >= 15 is 0 Å². The molecule has 2 aromatic carbocycles. The number of nitrogens with one attached hydrogen (secondary N) is 1. The van der Waals surface area contributed by atoms with E-state index in [2.05, 4.69) is 15.3 Å². The molecule has 2 heterocycles. The van der Waals surface area contributed by atoms with Crippen LogP contribution in [0.3, 0.4) is 0 Å². The second-order valence-corrected chi connectivity index (χ2v) is 7.28. The van der Waals surface area contributed by atoms with Crippen LogP contribution in [0, 0.1) is 0 Å². The zero-order valence-electron chi connectivity index (χ0n) is 16.2. The number of benzene rings is 2. The fraction of sp³-hybridized carbons (Fsp3) is 0.286. The van der Waals surface area contributed by atoms with Crippen LogP contribution in [0.15, 0.2) is 48.8 Å². The van der Waals surface area contributed by atoms with Crippen LogP contribution >= 0.6 is 0 Å². The van der Waals surface area contributed by atoms with Crippen molar-refractivity contribution in [3.8, 4) is 5.75 Å². The van der Waals surface area contributed by atoms with Crippen molar-refractivity contribution in [2.45, 2.75) is 6.54 Å². The number of aromatic hydroxyl groups is 1. The standard InChI is InChI=1S/C21H23N5O3/c1-24-7-9-25(10-8-24)20(28)14-26-13-16(12-22-26)23-21(29)19-4-2-3-15-11-17(27)5-6-18(15)19/h2-6,11-13,27H,7-10,14H2,1H3,(H,23,29). The van der Waals surface area contributed by atoms with E-state index in [0.29, 0.717) is 11.3 Å². The Balaban J connectivity index is 1.43. The third-order valence-corrected chi connectivity index (χ3v) is 5.15. The van der Waals surface area contributed by atoms with Gasteiger partial charge in [-0.2, -0.15) is 5.10 Å². The minimum absolute atomic E-state index is 0.0212. The highest BCUT2D eigenvalue weighted by molar-refractivity contribution is 6.13. The Bertz CT molecular complexity index is 1050. The Morgan fingerprint density at radius 2 is 1.93 bits per heavy atom. The molecule has 0 aliphatic carbocycles. The van der Waals surface area contributed by atoms with Crippen molar-refractivity contribution >= 4 is 28.3 Å². The third kappa shape index (κ3) is 4.22. The Labute approximate surface area is 168 Å². The summed E-state index contributed by atoms with van der Waals surface area (Å²) in [5, 5.41) is 18.2. The molecule has 1 aliphatic rings. The molecule has 1 aliphatic heterocycles. The predicted molar refractivity (Wildman–Crippen MR) is 110 cm³/mol. The molecule has 0 unspecified atom stereocenters. The summed E-state index contributed by atoms with van der Waals surface area (Å²) in [7, 11) is 2.04. The van der Waals surface area contributed by atoms with E-state index in [1.54, 1.807) is 36.5 Å². The molecule has 1 aromatic heterocycles. The van der Waals surface area contributed by atoms with Gasteiger partial charge in [0.2, 0.25) is 5.91 Å². The Morgan fingerprint density at radius 1 is 1.14 bits per heavy atom. The van der Waals surface area contributed by atoms with Crippen LogP contribution in [-0.2, 0) is 11.3 Å². The molecule has 0 spiro atoms. The molecule has 4 rings (SSSR count). The van der Waals surface area contributed by atoms with E-state index in [4.69, 9.17) is 0 Å². The Morgan fingerprint density at radius 3 is 2.72 bits per heavy atom. The molecular weight excluding hydrogens is 370 g/mol. The van der Waals surface area contributed by atoms with Crippen LogP contribution in [0.1, 0.15) is 10.4 Å². The minimum Gasteiger partial charge on any atom is -0.508 e. The van der Waals surface area contributed by atoms with Gasteiger partial charge in [-0.05, 0) is 42.1 Å². The van der Waals surface area contributed by atoms with E-state index in [1.807, 2.05) is 18.0 Å². The number of anilines is 1. The van der Waals surface area contributed by atoms with Gasteiger partial charge >= 0.3 is 0 Å². The number of rotatable bonds is 4. The first-order valence-corrected chi connectivity index (χ1v) is 9.51. The van der Waals surface area contributed by atoms with Gasteiger partial charge in [-0.3, -0.25) is 14.3 Å². The SMILES string of the molecule is CN1CCN(C(=O)Cn2cc(NC(=O)c3cccc4cc(O)ccc34)cn2)CC1. The number of phenols is 1. The average Bonchev–Trinajstić information content (AvgIpc) is 3.14. The normalized spacial score (nSPS) is 14.9. The molecule has 2 amide bonds. The van der Waals surface area contributed by atoms with Crippen LogP contribution in [0.2, 0.25) is 0 Å². The van der Waals surface area contributed by atoms with Gasteiger partial charge in [0, 0.05) is 37.9 Å². The van der Waals surface area contributed by atoms with Gasteiger partial charge in [0.1, 0.15) is 12.3 Å². The summed E-state index contributed by atoms with van der Waals surface area (Å²) in [6, 6.07) is 10.2. The summed E-state index contributed by atoms with van der Waals surface area (Å²) >= 11 is 0. The van der Waals surface area contributed by atoms with Crippen LogP contribution in [0.25, 0.3) is 10.8 Å². The average molecular weight is 393 g/mol. The third-order valence-electron chi connectivity index (χ3n) is 5.15. The van der Waals surface area contributed by atoms with Crippen LogP contribution in [-0.4, -0.2) is 69.7 Å². The van der Waals surface area contributed by atoms with Crippen LogP contribution in [0.4, 0.5) is 5.69 Å². The first-order chi connectivity index (χ1) is 14.0. The van der Waals surface area contributed by atoms with Gasteiger partial charge in [0.05, 0.1) is 11.9 Å². The fourth-order valence-corrected chi connectivity index (χ4v) is 3.48. The van der Waals surface area contributed by atoms with Gasteiger partial charge in [-0.15, -0.1) is 0 Å². The van der Waals surface area contributed by atoms with Gasteiger partial charge in [0.25, 0.3) is 5.91 Å². The number of fused-ring (bicyclic) bond motifs is 1. The fourth-order valence-electron chi connectivity index (χ4n) is 3.48. The number of likely N-dealkylation sites (N-methyl/N-ethyl adjacent to an activating group) is 1. The molecule has 3 aromatic rings. The second kappa shape index (κ2) is 7.92. The number of nitrogens with zero attached hydrogens (tertiary/aromatic N) is 4. The smallest absolute Gasteiger partial charge is 0.256 e. The van der Waals surface area contributed by atoms with Crippen molar-refractivity contribution in [3.63, 3.8) is 0 Å². The molecule has 2 N–H and O–H groups in total. The van der Waals surface area contributed by atoms with Crippen molar-refractivity contribution in [2.24, 2.45) is 0 Å². The topological polar surface area (TPSA) is 90.7 Å². The molecule has 1 saturated heterocycles. The first kappa shape index (κ1) is 18.9. The number of hydrogen-bond donors (Lipinski definition) is 2. The maximum absolute atomic E-state index is 12.7. The highest BCUT2D eigenvalue weighted by Crippen LogP contribution is 2.24. The molecule has 1 fully saturated rings. The van der Waals surface area contributed by atoms with Crippen molar-refractivity contribution in [1.29, 1.82) is 0 Å². The molecule has 0 atom stereocenters. The Hall–Kier alpha value is -3.39. The Kier molecular flexibility index (Phi) is 5.18. The number of amides is 2. The van der Waals surface area contributed by atoms with E-state index in [0.717, 1.165) is 37.0 Å². The van der Waals surface area contributed by atoms with E-state index in [9.17, 15) is 14.7 Å². The summed E-state index contributed by atoms with van der Waals surface area (Å²) in [6.45, 7) is 3.32. The molecule has 29 heavy (non-hydrogen) atoms. The van der Waals surface area contributed by atoms with Crippen LogP contribution < -0.4 is 5.32 Å². The molecule has 0 saturated carbocycles. The number of aromatic nitrogens is 2. The summed E-state index contributed by atoms with van der Waals surface area (Å²) in [4.78, 5) is 29.2. The van der Waals surface area contributed by atoms with Gasteiger partial charge in [-0.1, -0.05) is 12.1 Å². The molecule has 0 bridgehead atoms. The van der Waals surface area contributed by atoms with Crippen molar-refractivity contribution in [2.75, 3.05) is 38.5 Å². The number of carbonyl (C=O) groups excluding carboxylic acids is 2. The number of carbonyl (C=O) groups is 2. The largest absolute Gasteiger partial charge is 0.508 e. The molecule has 8 heteroatoms. The van der Waals surface area contributed by atoms with Gasteiger partial charge in [0.15, 0.2) is 0 Å². The van der Waals surface area contributed by atoms with Gasteiger partial charge in [-0.25, -0.2) is 0 Å². The molecule has 0 radical (unpaired) electrons. The lowest BCUT2D eigenvalue weighted by Gasteiger charge is -2.32. The van der Waals surface area contributed by atoms with Crippen molar-refractivity contribution in [1.82, 2.24) is 19.6 Å². The lowest BCUT2D eigenvalue weighted by molar-refractivity contribution is -0.133. The second-order valence-electron chi connectivity index (χ2n) is 7.28. The quantitative estimate of drug-likeness (QED) is 0.705. The molecule has 8 nitrogen and oxygen atoms in total. The van der Waals surface area contributed by atoms with Crippen LogP contribution in [0.5, 0.6) is 5.75 Å². The maximum atomic E-state index is 12.7. The first-order valence-electron chi connectivity index (χ1n) is 9.51. The number of hydrogen-bond acceptors (Lipinski definition) is 5. The maximum Gasteiger partial charge on any atom is 0.256 e. The number of phenolic OH excluding ortho intramolecular Hbond substituents is 1. The highest BCUT2D eigenvalue weighted by Gasteiger charge is 2.19. The summed E-state index contributed by atoms with van der Waals surface area (Å²) in [6.07, 6.45) is 3.19. The van der Waals surface area contributed by atoms with E-state index < -0.39 is 0 Å². The molecule has 150 valence electrons. The lowest BCUT2D eigenvalue weighted by Crippen LogP contribution is -2.48. The zero-order chi connectivity index (χ0) is 20.4. The number of piperazine rings is 1. The minimum atomic E-state index is -0.272. The van der Waals surface area contributed by atoms with Crippen molar-refractivity contribution < 1.29 is 14.7 Å². The van der Waals surface area contributed by atoms with Crippen molar-refractivity contribution in [3.05, 3.63) is 54.4 Å². The summed E-state index contributed by atoms with van der Waals surface area (Å²) in [5.74, 6) is -0.0967. The summed E-state index contributed by atoms with van der Waals surface area (Å²) in [5.41, 5.74) is 1.03.